The van der Waals surface area contributed by atoms with Gasteiger partial charge in [-0.15, -0.1) is 0 Å². The van der Waals surface area contributed by atoms with Gasteiger partial charge in [0.05, 0.1) is 5.92 Å². The third-order valence-corrected chi connectivity index (χ3v) is 5.94. The second kappa shape index (κ2) is 6.54. The van der Waals surface area contributed by atoms with Crippen LogP contribution in [0, 0.1) is 19.8 Å². The first kappa shape index (κ1) is 17.3. The fourth-order valence-corrected chi connectivity index (χ4v) is 4.63. The number of nitrogens with zero attached hydrogens (tertiary/aromatic N) is 2. The Balaban J connectivity index is 1.71. The summed E-state index contributed by atoms with van der Waals surface area (Å²) in [4.78, 5) is 29.0. The van der Waals surface area contributed by atoms with Gasteiger partial charge in [-0.25, -0.2) is 4.79 Å². The van der Waals surface area contributed by atoms with Crippen molar-refractivity contribution in [2.45, 2.75) is 45.7 Å². The molecule has 2 atom stereocenters. The smallest absolute Gasteiger partial charge is 0.336 e. The lowest BCUT2D eigenvalue weighted by Gasteiger charge is -2.29. The van der Waals surface area contributed by atoms with Crippen molar-refractivity contribution in [2.24, 2.45) is 5.92 Å². The average Bonchev–Trinajstić information content (AvgIpc) is 2.75. The highest BCUT2D eigenvalue weighted by Crippen LogP contribution is 2.29. The Bertz CT molecular complexity index is 917. The van der Waals surface area contributed by atoms with E-state index in [2.05, 4.69) is 17.9 Å². The number of amides is 1. The summed E-state index contributed by atoms with van der Waals surface area (Å²) in [5, 5.41) is 1.01. The van der Waals surface area contributed by atoms with Crippen LogP contribution in [0.2, 0.25) is 0 Å². The Morgan fingerprint density at radius 1 is 1.12 bits per heavy atom. The van der Waals surface area contributed by atoms with Gasteiger partial charge in [0.2, 0.25) is 5.91 Å². The average molecular weight is 354 g/mol. The minimum absolute atomic E-state index is 0.0716. The zero-order valence-electron chi connectivity index (χ0n) is 15.7. The van der Waals surface area contributed by atoms with Gasteiger partial charge >= 0.3 is 5.63 Å². The first-order valence-electron chi connectivity index (χ1n) is 9.45. The number of likely N-dealkylation sites (tertiary alicyclic amines) is 1. The predicted molar refractivity (Wildman–Crippen MR) is 101 cm³/mol. The van der Waals surface area contributed by atoms with E-state index < -0.39 is 0 Å². The molecule has 0 radical (unpaired) electrons. The summed E-state index contributed by atoms with van der Waals surface area (Å²) in [6.45, 7) is 6.36. The van der Waals surface area contributed by atoms with Gasteiger partial charge in [0.1, 0.15) is 5.58 Å². The van der Waals surface area contributed by atoms with Crippen LogP contribution in [0.1, 0.15) is 36.0 Å². The molecule has 0 aliphatic carbocycles. The molecule has 4 rings (SSSR count). The Kier molecular flexibility index (Phi) is 4.35. The molecule has 5 nitrogen and oxygen atoms in total. The maximum atomic E-state index is 12.6. The topological polar surface area (TPSA) is 53.8 Å². The normalized spacial score (nSPS) is 24.1. The van der Waals surface area contributed by atoms with E-state index in [-0.39, 0.29) is 23.5 Å². The minimum atomic E-state index is -0.303. The van der Waals surface area contributed by atoms with E-state index in [0.717, 1.165) is 54.4 Å². The summed E-state index contributed by atoms with van der Waals surface area (Å²) in [6.07, 6.45) is 3.15. The lowest BCUT2D eigenvalue weighted by molar-refractivity contribution is -0.134. The van der Waals surface area contributed by atoms with E-state index in [4.69, 9.17) is 4.42 Å². The standard InChI is InChI=1S/C21H26N2O3/c1-13-7-14(2)20-18(8-13)16(9-19(24)26-20)11-23-10-15-5-4-6-17(12-23)22(3)21(15)25/h7-9,15,17H,4-6,10-12H2,1-3H3/t15-,17+/m1/s1. The summed E-state index contributed by atoms with van der Waals surface area (Å²) in [5.74, 6) is 0.349. The van der Waals surface area contributed by atoms with E-state index >= 15 is 0 Å². The van der Waals surface area contributed by atoms with Crippen LogP contribution in [0.25, 0.3) is 11.0 Å². The molecular weight excluding hydrogens is 328 g/mol. The molecule has 1 aromatic carbocycles. The molecule has 1 aromatic heterocycles. The predicted octanol–water partition coefficient (Wildman–Crippen LogP) is 2.85. The zero-order valence-corrected chi connectivity index (χ0v) is 15.7. The summed E-state index contributed by atoms with van der Waals surface area (Å²) in [6, 6.07) is 6.02. The maximum absolute atomic E-state index is 12.6. The van der Waals surface area contributed by atoms with Crippen LogP contribution in [0.15, 0.2) is 27.4 Å². The SMILES string of the molecule is Cc1cc(C)c2oc(=O)cc(CN3C[C@H]4CCC[C@@H](C3)N(C)C4=O)c2c1. The molecule has 2 bridgehead atoms. The number of rotatable bonds is 2. The largest absolute Gasteiger partial charge is 0.422 e. The van der Waals surface area contributed by atoms with Crippen molar-refractivity contribution in [3.63, 3.8) is 0 Å². The Morgan fingerprint density at radius 3 is 2.73 bits per heavy atom. The number of aryl methyl sites for hydroxylation is 2. The minimum Gasteiger partial charge on any atom is -0.422 e. The number of hydrogen-bond acceptors (Lipinski definition) is 4. The van der Waals surface area contributed by atoms with Crippen molar-refractivity contribution in [3.8, 4) is 0 Å². The number of fused-ring (bicyclic) bond motifs is 4. The number of carbonyl (C=O) groups is 1. The molecule has 2 aliphatic rings. The molecule has 26 heavy (non-hydrogen) atoms. The van der Waals surface area contributed by atoms with E-state index in [1.807, 2.05) is 24.9 Å². The van der Waals surface area contributed by atoms with Gasteiger partial charge < -0.3 is 9.32 Å². The second-order valence-electron chi connectivity index (χ2n) is 7.97. The van der Waals surface area contributed by atoms with Crippen molar-refractivity contribution in [2.75, 3.05) is 20.1 Å². The third kappa shape index (κ3) is 3.05. The molecule has 3 heterocycles. The van der Waals surface area contributed by atoms with Crippen LogP contribution in [-0.4, -0.2) is 41.9 Å². The molecule has 2 saturated heterocycles. The number of likely N-dealkylation sites (N-methyl/N-ethyl adjacent to an activating group) is 1. The Hall–Kier alpha value is -2.14. The molecule has 0 unspecified atom stereocenters. The van der Waals surface area contributed by atoms with Crippen LogP contribution >= 0.6 is 0 Å². The van der Waals surface area contributed by atoms with Crippen LogP contribution in [0.5, 0.6) is 0 Å². The molecule has 2 aromatic rings. The fourth-order valence-electron chi connectivity index (χ4n) is 4.63. The van der Waals surface area contributed by atoms with Gasteiger partial charge in [0.15, 0.2) is 0 Å². The molecule has 5 heteroatoms. The lowest BCUT2D eigenvalue weighted by Crippen LogP contribution is -2.40. The molecule has 1 amide bonds. The molecular formula is C21H26N2O3. The van der Waals surface area contributed by atoms with Crippen LogP contribution < -0.4 is 5.63 Å². The maximum Gasteiger partial charge on any atom is 0.336 e. The monoisotopic (exact) mass is 354 g/mol. The van der Waals surface area contributed by atoms with Gasteiger partial charge in [-0.05, 0) is 49.4 Å². The van der Waals surface area contributed by atoms with Crippen molar-refractivity contribution in [1.82, 2.24) is 9.80 Å². The fraction of sp³-hybridized carbons (Fsp3) is 0.524. The van der Waals surface area contributed by atoms with E-state index in [1.165, 1.54) is 0 Å². The van der Waals surface area contributed by atoms with Gasteiger partial charge in [-0.2, -0.15) is 0 Å². The molecule has 0 spiro atoms. The van der Waals surface area contributed by atoms with E-state index in [1.54, 1.807) is 6.07 Å². The molecule has 0 N–H and O–H groups in total. The van der Waals surface area contributed by atoms with E-state index in [0.29, 0.717) is 12.1 Å². The summed E-state index contributed by atoms with van der Waals surface area (Å²) < 4.78 is 5.47. The molecule has 2 aliphatic heterocycles. The second-order valence-corrected chi connectivity index (χ2v) is 7.97. The highest BCUT2D eigenvalue weighted by molar-refractivity contribution is 5.84. The van der Waals surface area contributed by atoms with Crippen LogP contribution in [-0.2, 0) is 11.3 Å². The summed E-state index contributed by atoms with van der Waals surface area (Å²) in [7, 11) is 1.94. The van der Waals surface area contributed by atoms with Crippen molar-refractivity contribution in [1.29, 1.82) is 0 Å². The highest BCUT2D eigenvalue weighted by Gasteiger charge is 2.36. The first-order chi connectivity index (χ1) is 12.4. The van der Waals surface area contributed by atoms with Crippen molar-refractivity contribution < 1.29 is 9.21 Å². The van der Waals surface area contributed by atoms with Crippen molar-refractivity contribution in [3.05, 3.63) is 45.3 Å². The molecule has 0 saturated carbocycles. The van der Waals surface area contributed by atoms with Gasteiger partial charge in [-0.3, -0.25) is 9.69 Å². The Labute approximate surface area is 153 Å². The van der Waals surface area contributed by atoms with E-state index in [9.17, 15) is 9.59 Å². The van der Waals surface area contributed by atoms with Crippen molar-refractivity contribution >= 4 is 16.9 Å². The summed E-state index contributed by atoms with van der Waals surface area (Å²) >= 11 is 0. The number of hydrogen-bond donors (Lipinski definition) is 0. The van der Waals surface area contributed by atoms with Gasteiger partial charge in [0.25, 0.3) is 0 Å². The van der Waals surface area contributed by atoms with Crippen LogP contribution in [0.4, 0.5) is 0 Å². The molecule has 2 fully saturated rings. The number of carbonyl (C=O) groups excluding carboxylic acids is 1. The Morgan fingerprint density at radius 2 is 1.92 bits per heavy atom. The third-order valence-electron chi connectivity index (χ3n) is 5.94. The highest BCUT2D eigenvalue weighted by atomic mass is 16.4. The van der Waals surface area contributed by atoms with Gasteiger partial charge in [0, 0.05) is 44.2 Å². The quantitative estimate of drug-likeness (QED) is 0.778. The first-order valence-corrected chi connectivity index (χ1v) is 9.45. The van der Waals surface area contributed by atoms with Gasteiger partial charge in [-0.1, -0.05) is 12.5 Å². The van der Waals surface area contributed by atoms with Crippen LogP contribution in [0.3, 0.4) is 0 Å². The zero-order chi connectivity index (χ0) is 18.4. The lowest BCUT2D eigenvalue weighted by atomic mass is 9.98. The molecule has 138 valence electrons. The summed E-state index contributed by atoms with van der Waals surface area (Å²) in [5.41, 5.74) is 3.52. The number of benzene rings is 1.